The van der Waals surface area contributed by atoms with Crippen LogP contribution in [0.2, 0.25) is 4.34 Å². The molecule has 2 N–H and O–H groups in total. The van der Waals surface area contributed by atoms with Gasteiger partial charge in [0.15, 0.2) is 5.69 Å². The van der Waals surface area contributed by atoms with Crippen LogP contribution in [0.1, 0.15) is 10.6 Å². The summed E-state index contributed by atoms with van der Waals surface area (Å²) in [5.74, 6) is 0.0517. The van der Waals surface area contributed by atoms with E-state index in [0.717, 1.165) is 10.9 Å². The van der Waals surface area contributed by atoms with E-state index in [9.17, 15) is 13.2 Å². The molecule has 4 nitrogen and oxygen atoms in total. The molecule has 0 fully saturated rings. The summed E-state index contributed by atoms with van der Waals surface area (Å²) < 4.78 is 38.8. The highest BCUT2D eigenvalue weighted by Crippen LogP contribution is 2.29. The van der Waals surface area contributed by atoms with Crippen LogP contribution in [0.3, 0.4) is 0 Å². The van der Waals surface area contributed by atoms with Gasteiger partial charge in [-0.1, -0.05) is 11.6 Å². The molecule has 0 aliphatic rings. The zero-order chi connectivity index (χ0) is 15.5. The third-order valence-corrected chi connectivity index (χ3v) is 3.84. The molecular weight excluding hydrogens is 325 g/mol. The first-order chi connectivity index (χ1) is 9.88. The molecule has 0 bridgehead atoms. The fourth-order valence-corrected chi connectivity index (χ4v) is 2.68. The molecule has 2 aromatic rings. The second kappa shape index (κ2) is 6.48. The summed E-state index contributed by atoms with van der Waals surface area (Å²) in [6.07, 6.45) is -3.86. The molecular formula is C12H12ClF3N4S. The van der Waals surface area contributed by atoms with E-state index in [-0.39, 0.29) is 11.8 Å². The van der Waals surface area contributed by atoms with Gasteiger partial charge < -0.3 is 10.6 Å². The molecule has 0 saturated carbocycles. The first-order valence-electron chi connectivity index (χ1n) is 6.00. The topological polar surface area (TPSA) is 49.8 Å². The van der Waals surface area contributed by atoms with Crippen LogP contribution in [0, 0.1) is 0 Å². The number of nitrogens with one attached hydrogen (secondary N) is 2. The van der Waals surface area contributed by atoms with E-state index in [0.29, 0.717) is 17.3 Å². The Bertz CT molecular complexity index is 615. The van der Waals surface area contributed by atoms with Gasteiger partial charge in [-0.2, -0.15) is 18.2 Å². The summed E-state index contributed by atoms with van der Waals surface area (Å²) in [6, 6.07) is 4.56. The van der Waals surface area contributed by atoms with Crippen molar-refractivity contribution in [1.82, 2.24) is 9.97 Å². The molecule has 0 radical (unpaired) electrons. The van der Waals surface area contributed by atoms with Crippen LogP contribution in [-0.4, -0.2) is 23.6 Å². The summed E-state index contributed by atoms with van der Waals surface area (Å²) >= 11 is 7.25. The van der Waals surface area contributed by atoms with Gasteiger partial charge in [-0.15, -0.1) is 11.3 Å². The van der Waals surface area contributed by atoms with Crippen molar-refractivity contribution in [3.8, 4) is 0 Å². The van der Waals surface area contributed by atoms with Gasteiger partial charge in [0.25, 0.3) is 0 Å². The summed E-state index contributed by atoms with van der Waals surface area (Å²) in [7, 11) is 1.47. The quantitative estimate of drug-likeness (QED) is 0.869. The average molecular weight is 337 g/mol. The monoisotopic (exact) mass is 336 g/mol. The minimum absolute atomic E-state index is 0.0773. The maximum Gasteiger partial charge on any atom is 0.433 e. The average Bonchev–Trinajstić information content (AvgIpc) is 2.83. The maximum atomic E-state index is 12.7. The molecule has 0 saturated heterocycles. The number of hydrogen-bond donors (Lipinski definition) is 2. The molecule has 0 aliphatic carbocycles. The normalized spacial score (nSPS) is 11.5. The number of nitrogens with zero attached hydrogens (tertiary/aromatic N) is 2. The summed E-state index contributed by atoms with van der Waals surface area (Å²) in [6.45, 7) is 0.453. The molecule has 0 unspecified atom stereocenters. The zero-order valence-corrected chi connectivity index (χ0v) is 12.5. The van der Waals surface area contributed by atoms with E-state index in [1.54, 1.807) is 6.07 Å². The van der Waals surface area contributed by atoms with Crippen LogP contribution < -0.4 is 10.6 Å². The van der Waals surface area contributed by atoms with Crippen LogP contribution in [-0.2, 0) is 12.6 Å². The Kier molecular flexibility index (Phi) is 4.89. The largest absolute Gasteiger partial charge is 0.433 e. The summed E-state index contributed by atoms with van der Waals surface area (Å²) in [5.41, 5.74) is -0.983. The highest BCUT2D eigenvalue weighted by molar-refractivity contribution is 7.16. The Morgan fingerprint density at radius 1 is 1.29 bits per heavy atom. The van der Waals surface area contributed by atoms with Crippen LogP contribution in [0.25, 0.3) is 0 Å². The lowest BCUT2D eigenvalue weighted by atomic mass is 10.3. The molecule has 9 heteroatoms. The standard InChI is InChI=1S/C12H12ClF3N4S/c1-17-11-19-8(12(14,15)16)6-10(20-11)18-5-4-7-2-3-9(13)21-7/h2-3,6H,4-5H2,1H3,(H2,17,18,19,20). The van der Waals surface area contributed by atoms with Crippen LogP contribution in [0.5, 0.6) is 0 Å². The lowest BCUT2D eigenvalue weighted by Gasteiger charge is -2.11. The minimum atomic E-state index is -4.51. The van der Waals surface area contributed by atoms with Gasteiger partial charge in [0.05, 0.1) is 4.34 Å². The Balaban J connectivity index is 2.05. The van der Waals surface area contributed by atoms with Crippen LogP contribution in [0.15, 0.2) is 18.2 Å². The third-order valence-electron chi connectivity index (χ3n) is 2.55. The molecule has 2 heterocycles. The second-order valence-corrected chi connectivity index (χ2v) is 5.89. The Morgan fingerprint density at radius 2 is 2.05 bits per heavy atom. The second-order valence-electron chi connectivity index (χ2n) is 4.09. The summed E-state index contributed by atoms with van der Waals surface area (Å²) in [4.78, 5) is 8.38. The van der Waals surface area contributed by atoms with Crippen molar-refractivity contribution in [3.63, 3.8) is 0 Å². The molecule has 2 rings (SSSR count). The van der Waals surface area contributed by atoms with Gasteiger partial charge in [-0.05, 0) is 18.6 Å². The smallest absolute Gasteiger partial charge is 0.370 e. The zero-order valence-electron chi connectivity index (χ0n) is 11.0. The minimum Gasteiger partial charge on any atom is -0.370 e. The molecule has 21 heavy (non-hydrogen) atoms. The van der Waals surface area contributed by atoms with E-state index in [4.69, 9.17) is 11.6 Å². The van der Waals surface area contributed by atoms with E-state index in [1.807, 2.05) is 6.07 Å². The number of thiophene rings is 1. The van der Waals surface area contributed by atoms with Gasteiger partial charge in [-0.3, -0.25) is 0 Å². The number of rotatable bonds is 5. The first kappa shape index (κ1) is 15.8. The van der Waals surface area contributed by atoms with Crippen molar-refractivity contribution >= 4 is 34.7 Å². The highest BCUT2D eigenvalue weighted by Gasteiger charge is 2.33. The van der Waals surface area contributed by atoms with E-state index >= 15 is 0 Å². The highest BCUT2D eigenvalue weighted by atomic mass is 35.5. The van der Waals surface area contributed by atoms with Crippen molar-refractivity contribution in [2.45, 2.75) is 12.6 Å². The SMILES string of the molecule is CNc1nc(NCCc2ccc(Cl)s2)cc(C(F)(F)F)n1. The van der Waals surface area contributed by atoms with Gasteiger partial charge in [0, 0.05) is 24.5 Å². The predicted molar refractivity (Wildman–Crippen MR) is 78.1 cm³/mol. The molecule has 2 aromatic heterocycles. The summed E-state index contributed by atoms with van der Waals surface area (Å²) in [5, 5.41) is 5.38. The molecule has 0 aliphatic heterocycles. The van der Waals surface area contributed by atoms with Gasteiger partial charge in [0.2, 0.25) is 5.95 Å². The third kappa shape index (κ3) is 4.47. The molecule has 0 spiro atoms. The molecule has 0 atom stereocenters. The predicted octanol–water partition coefficient (Wildman–Crippen LogP) is 3.91. The van der Waals surface area contributed by atoms with Crippen molar-refractivity contribution in [2.75, 3.05) is 24.2 Å². The Labute approximate surface area is 128 Å². The molecule has 0 amide bonds. The van der Waals surface area contributed by atoms with Gasteiger partial charge in [-0.25, -0.2) is 4.98 Å². The van der Waals surface area contributed by atoms with E-state index < -0.39 is 11.9 Å². The number of aromatic nitrogens is 2. The lowest BCUT2D eigenvalue weighted by molar-refractivity contribution is -0.141. The van der Waals surface area contributed by atoms with Crippen molar-refractivity contribution < 1.29 is 13.2 Å². The van der Waals surface area contributed by atoms with Crippen molar-refractivity contribution in [1.29, 1.82) is 0 Å². The fourth-order valence-electron chi connectivity index (χ4n) is 1.59. The van der Waals surface area contributed by atoms with E-state index in [1.165, 1.54) is 18.4 Å². The molecule has 114 valence electrons. The Morgan fingerprint density at radius 3 is 2.62 bits per heavy atom. The Hall–Kier alpha value is -1.54. The van der Waals surface area contributed by atoms with Crippen LogP contribution >= 0.6 is 22.9 Å². The first-order valence-corrected chi connectivity index (χ1v) is 7.20. The fraction of sp³-hybridized carbons (Fsp3) is 0.333. The van der Waals surface area contributed by atoms with E-state index in [2.05, 4.69) is 20.6 Å². The number of anilines is 2. The van der Waals surface area contributed by atoms with Gasteiger partial charge in [0.1, 0.15) is 5.82 Å². The molecule has 0 aromatic carbocycles. The number of halogens is 4. The van der Waals surface area contributed by atoms with Crippen LogP contribution in [0.4, 0.5) is 24.9 Å². The lowest BCUT2D eigenvalue weighted by Crippen LogP contribution is -2.14. The van der Waals surface area contributed by atoms with Gasteiger partial charge >= 0.3 is 6.18 Å². The maximum absolute atomic E-state index is 12.7. The van der Waals surface area contributed by atoms with Crippen molar-refractivity contribution in [3.05, 3.63) is 33.1 Å². The number of alkyl halides is 3. The van der Waals surface area contributed by atoms with Crippen molar-refractivity contribution in [2.24, 2.45) is 0 Å². The number of hydrogen-bond acceptors (Lipinski definition) is 5.